The lowest BCUT2D eigenvalue weighted by molar-refractivity contribution is -0.660. The molecule has 3 heteroatoms. The van der Waals surface area contributed by atoms with Crippen LogP contribution < -0.4 is 13.7 Å². The van der Waals surface area contributed by atoms with Crippen LogP contribution in [-0.4, -0.2) is 0 Å². The first-order valence-electron chi connectivity index (χ1n) is 29.0. The Kier molecular flexibility index (Phi) is 12.4. The zero-order valence-corrected chi connectivity index (χ0v) is 41.3. The molecular formula is C66H72N3+3. The molecular weight excluding hydrogens is 835 g/mol. The van der Waals surface area contributed by atoms with Crippen molar-refractivity contribution in [2.24, 2.45) is 27.0 Å². The van der Waals surface area contributed by atoms with Crippen LogP contribution in [0.15, 0.2) is 201 Å². The van der Waals surface area contributed by atoms with Crippen molar-refractivity contribution in [3.8, 4) is 67.2 Å². The lowest BCUT2D eigenvalue weighted by Crippen LogP contribution is -2.30. The van der Waals surface area contributed by atoms with E-state index in [9.17, 15) is 0 Å². The Labute approximate surface area is 429 Å². The largest absolute Gasteiger partial charge is 0.213 e. The van der Waals surface area contributed by atoms with Gasteiger partial charge in [-0.05, 0) is 130 Å². The van der Waals surface area contributed by atoms with Crippen LogP contribution in [0.5, 0.6) is 0 Å². The lowest BCUT2D eigenvalue weighted by atomic mass is 9.96. The van der Waals surface area contributed by atoms with Crippen molar-refractivity contribution in [3.63, 3.8) is 0 Å². The summed E-state index contributed by atoms with van der Waals surface area (Å²) in [6, 6.07) is 60.4. The van der Waals surface area contributed by atoms with E-state index in [1.54, 1.807) is 6.07 Å². The maximum Gasteiger partial charge on any atom is 0.213 e. The van der Waals surface area contributed by atoms with Crippen LogP contribution in [0.3, 0.4) is 0 Å². The lowest BCUT2D eigenvalue weighted by Gasteiger charge is -2.10. The highest BCUT2D eigenvalue weighted by atomic mass is 14.9. The first-order valence-corrected chi connectivity index (χ1v) is 23.5. The molecule has 9 rings (SSSR count). The number of aromatic nitrogens is 3. The van der Waals surface area contributed by atoms with Gasteiger partial charge >= 0.3 is 0 Å². The molecule has 3 aromatic heterocycles. The summed E-state index contributed by atoms with van der Waals surface area (Å²) in [5.41, 5.74) is 18.8. The number of nitrogens with zero attached hydrogens (tertiary/aromatic N) is 3. The van der Waals surface area contributed by atoms with Gasteiger partial charge in [0.15, 0.2) is 18.6 Å². The predicted octanol–water partition coefficient (Wildman–Crippen LogP) is 15.3. The molecule has 9 aromatic rings. The van der Waals surface area contributed by atoms with Crippen molar-refractivity contribution in [3.05, 3.63) is 234 Å². The second kappa shape index (κ2) is 23.2. The van der Waals surface area contributed by atoms with Crippen molar-refractivity contribution in [1.82, 2.24) is 0 Å². The number of aryl methyl sites for hydroxylation is 7. The molecule has 0 aliphatic heterocycles. The molecule has 0 aliphatic carbocycles. The first kappa shape index (κ1) is 36.8. The number of hydrogen-bond donors (Lipinski definition) is 0. The van der Waals surface area contributed by atoms with E-state index < -0.39 is 32.3 Å². The molecule has 0 bridgehead atoms. The van der Waals surface area contributed by atoms with E-state index in [0.29, 0.717) is 5.56 Å². The molecule has 0 saturated carbocycles. The summed E-state index contributed by atoms with van der Waals surface area (Å²) in [6.07, 6.45) is 6.37. The van der Waals surface area contributed by atoms with Crippen LogP contribution in [0, 0.1) is 26.7 Å². The highest BCUT2D eigenvalue weighted by molar-refractivity contribution is 5.73. The minimum Gasteiger partial charge on any atom is -0.201 e. The van der Waals surface area contributed by atoms with Crippen LogP contribution in [0.2, 0.25) is 0 Å². The number of hydrogen-bond acceptors (Lipinski definition) is 0. The third-order valence-corrected chi connectivity index (χ3v) is 12.5. The van der Waals surface area contributed by atoms with Gasteiger partial charge in [-0.2, -0.15) is 0 Å². The molecule has 3 nitrogen and oxygen atoms in total. The normalized spacial score (nSPS) is 15.5. The summed E-state index contributed by atoms with van der Waals surface area (Å²) in [5, 5.41) is 0. The Balaban J connectivity index is 0.000000174. The average molecular weight is 918 g/mol. The summed E-state index contributed by atoms with van der Waals surface area (Å²) in [5.74, 6) is -3.16. The summed E-state index contributed by atoms with van der Waals surface area (Å²) < 4.78 is 91.2. The average Bonchev–Trinajstić information content (AvgIpc) is 3.42. The van der Waals surface area contributed by atoms with Crippen molar-refractivity contribution < 1.29 is 28.8 Å². The van der Waals surface area contributed by atoms with E-state index in [1.807, 2.05) is 149 Å². The first-order chi connectivity index (χ1) is 37.5. The fourth-order valence-corrected chi connectivity index (χ4v) is 8.59. The predicted molar refractivity (Wildman–Crippen MR) is 292 cm³/mol. The highest BCUT2D eigenvalue weighted by Gasteiger charge is 2.17. The molecule has 69 heavy (non-hydrogen) atoms. The Bertz CT molecular complexity index is 3610. The Morgan fingerprint density at radius 1 is 0.420 bits per heavy atom. The summed E-state index contributed by atoms with van der Waals surface area (Å²) in [4.78, 5) is 0. The molecule has 3 heterocycles. The molecule has 348 valence electrons. The van der Waals surface area contributed by atoms with E-state index in [-0.39, 0.29) is 12.8 Å². The van der Waals surface area contributed by atoms with Crippen molar-refractivity contribution >= 4 is 0 Å². The minimum absolute atomic E-state index is 0.0894. The number of pyridine rings is 3. The molecule has 0 spiro atoms. The quantitative estimate of drug-likeness (QED) is 0.121. The van der Waals surface area contributed by atoms with Gasteiger partial charge in [-0.3, -0.25) is 0 Å². The van der Waals surface area contributed by atoms with Gasteiger partial charge in [-0.1, -0.05) is 162 Å². The molecule has 2 atom stereocenters. The van der Waals surface area contributed by atoms with Gasteiger partial charge in [-0.25, -0.2) is 13.7 Å². The standard InChI is InChI=1S/C23H26N.C22H24N.C21H22N/c1-17(2)14-19-9-7-10-20(15-19)21-12-13-24(4)23(16-21)22-11-6-5-8-18(22)3;1-16(2)18-9-7-10-19(14-18)20-12-13-23(4)22(15-20)21-11-6-5-8-17(21)3;1-4-17-9-7-10-18(14-17)19-12-13-22(3)21(15-19)20-11-6-5-8-16(20)2/h5-13,15-17H,14H2,1-4H3;5-16H,1-4H3;5-15H,4H2,1-3H3/q3*+1/i1D3,17D;1D3,16D;1D3. The van der Waals surface area contributed by atoms with Crippen LogP contribution in [0.25, 0.3) is 67.2 Å². The second-order valence-electron chi connectivity index (χ2n) is 17.9. The molecule has 0 radical (unpaired) electrons. The van der Waals surface area contributed by atoms with Crippen LogP contribution in [0.1, 0.15) is 88.8 Å². The van der Waals surface area contributed by atoms with Crippen molar-refractivity contribution in [1.29, 1.82) is 0 Å². The number of rotatable bonds is 10. The van der Waals surface area contributed by atoms with Crippen molar-refractivity contribution in [2.45, 2.75) is 73.9 Å². The smallest absolute Gasteiger partial charge is 0.201 e. The molecule has 2 unspecified atom stereocenters. The van der Waals surface area contributed by atoms with Crippen LogP contribution >= 0.6 is 0 Å². The van der Waals surface area contributed by atoms with E-state index >= 15 is 0 Å². The third-order valence-electron chi connectivity index (χ3n) is 12.5. The monoisotopic (exact) mass is 918 g/mol. The molecule has 6 aromatic carbocycles. The fourth-order valence-electron chi connectivity index (χ4n) is 8.59. The topological polar surface area (TPSA) is 11.6 Å². The van der Waals surface area contributed by atoms with Crippen LogP contribution in [0.4, 0.5) is 0 Å². The Morgan fingerprint density at radius 3 is 1.23 bits per heavy atom. The van der Waals surface area contributed by atoms with Gasteiger partial charge in [0.05, 0.1) is 0 Å². The van der Waals surface area contributed by atoms with Gasteiger partial charge in [0.1, 0.15) is 21.1 Å². The SMILES string of the molecule is [2H]C([2H])([2H])C([2H])(C)Cc1cccc(-c2cc[n+](C)c(-c3ccccc3C)c2)c1.[2H]C([2H])([2H])C([2H])(C)c1cccc(-c2cc[n+](C)c(-c3ccccc3C)c2)c1.[2H]C([2H])([2H])Cc1cccc(-c2cc[n+](C)c(-c3ccccc3C)c2)c1. The molecule has 0 N–H and O–H groups in total. The third kappa shape index (κ3) is 12.7. The zero-order valence-electron chi connectivity index (χ0n) is 52.3. The van der Waals surface area contributed by atoms with E-state index in [0.717, 1.165) is 67.2 Å². The van der Waals surface area contributed by atoms with Crippen LogP contribution in [-0.2, 0) is 34.0 Å². The summed E-state index contributed by atoms with van der Waals surface area (Å²) in [7, 11) is 6.08. The highest BCUT2D eigenvalue weighted by Crippen LogP contribution is 2.30. The maximum absolute atomic E-state index is 8.35. The molecule has 0 saturated heterocycles. The Hall–Kier alpha value is -7.23. The van der Waals surface area contributed by atoms with E-state index in [4.69, 9.17) is 15.1 Å². The summed E-state index contributed by atoms with van der Waals surface area (Å²) in [6.45, 7) is 2.57. The van der Waals surface area contributed by atoms with Gasteiger partial charge < -0.3 is 0 Å². The van der Waals surface area contributed by atoms with Gasteiger partial charge in [-0.15, -0.1) is 0 Å². The van der Waals surface area contributed by atoms with Crippen molar-refractivity contribution in [2.75, 3.05) is 0 Å². The summed E-state index contributed by atoms with van der Waals surface area (Å²) >= 11 is 0. The van der Waals surface area contributed by atoms with Gasteiger partial charge in [0.25, 0.3) is 0 Å². The van der Waals surface area contributed by atoms with Gasteiger partial charge in [0, 0.05) is 68.2 Å². The second-order valence-corrected chi connectivity index (χ2v) is 17.9. The maximum atomic E-state index is 8.35. The van der Waals surface area contributed by atoms with E-state index in [2.05, 4.69) is 101 Å². The Morgan fingerprint density at radius 2 is 0.812 bits per heavy atom. The number of benzene rings is 6. The van der Waals surface area contributed by atoms with Gasteiger partial charge in [0.2, 0.25) is 17.1 Å². The minimum atomic E-state index is -2.39. The zero-order chi connectivity index (χ0) is 58.4. The molecule has 0 amide bonds. The molecule has 0 aliphatic rings. The van der Waals surface area contributed by atoms with E-state index in [1.165, 1.54) is 41.7 Å². The fraction of sp³-hybridized carbons (Fsp3) is 0.227. The molecule has 0 fully saturated rings.